The Morgan fingerprint density at radius 3 is 3.00 bits per heavy atom. The van der Waals surface area contributed by atoms with Crippen LogP contribution in [0.1, 0.15) is 28.4 Å². The van der Waals surface area contributed by atoms with Crippen molar-refractivity contribution in [3.8, 4) is 5.69 Å². The van der Waals surface area contributed by atoms with Gasteiger partial charge in [0.15, 0.2) is 5.82 Å². The van der Waals surface area contributed by atoms with Crippen molar-refractivity contribution in [1.82, 2.24) is 29.9 Å². The zero-order valence-corrected chi connectivity index (χ0v) is 13.9. The van der Waals surface area contributed by atoms with E-state index in [1.807, 2.05) is 36.0 Å². The van der Waals surface area contributed by atoms with Crippen LogP contribution in [0.2, 0.25) is 0 Å². The van der Waals surface area contributed by atoms with Gasteiger partial charge < -0.3 is 10.6 Å². The van der Waals surface area contributed by atoms with Gasteiger partial charge in [0.25, 0.3) is 5.91 Å². The lowest BCUT2D eigenvalue weighted by atomic mass is 10.1. The van der Waals surface area contributed by atoms with Gasteiger partial charge in [0, 0.05) is 24.4 Å². The zero-order valence-electron chi connectivity index (χ0n) is 13.9. The Morgan fingerprint density at radius 1 is 1.36 bits per heavy atom. The number of hydrogen-bond donors (Lipinski definition) is 2. The molecule has 0 bridgehead atoms. The molecule has 1 aliphatic heterocycles. The third-order valence-electron chi connectivity index (χ3n) is 4.40. The Labute approximate surface area is 144 Å². The van der Waals surface area contributed by atoms with E-state index in [-0.39, 0.29) is 5.91 Å². The second-order valence-corrected chi connectivity index (χ2v) is 6.12. The van der Waals surface area contributed by atoms with Gasteiger partial charge in [0.05, 0.1) is 11.7 Å². The number of nitrogens with one attached hydrogen (secondary N) is 2. The summed E-state index contributed by atoms with van der Waals surface area (Å²) in [5, 5.41) is 14.7. The Morgan fingerprint density at radius 2 is 2.28 bits per heavy atom. The van der Waals surface area contributed by atoms with Gasteiger partial charge in [0.1, 0.15) is 12.7 Å². The van der Waals surface area contributed by atoms with Crippen LogP contribution in [-0.2, 0) is 0 Å². The summed E-state index contributed by atoms with van der Waals surface area (Å²) in [5.74, 6) is 0.397. The van der Waals surface area contributed by atoms with Gasteiger partial charge in [-0.1, -0.05) is 0 Å². The maximum absolute atomic E-state index is 12.6. The second-order valence-electron chi connectivity index (χ2n) is 6.12. The van der Waals surface area contributed by atoms with Crippen LogP contribution in [0.5, 0.6) is 0 Å². The number of rotatable bonds is 4. The molecule has 2 aromatic heterocycles. The lowest BCUT2D eigenvalue weighted by molar-refractivity contribution is 0.102. The minimum atomic E-state index is -0.169. The average Bonchev–Trinajstić information content (AvgIpc) is 3.36. The SMILES string of the molecule is Cc1cc(-n2cncn2)ccc1C(=O)Nc1ccn(C2CCNC2)n1. The fourth-order valence-corrected chi connectivity index (χ4v) is 3.04. The summed E-state index contributed by atoms with van der Waals surface area (Å²) in [5.41, 5.74) is 2.34. The number of aromatic nitrogens is 5. The number of carbonyl (C=O) groups excluding carboxylic acids is 1. The molecule has 128 valence electrons. The molecule has 1 aliphatic rings. The summed E-state index contributed by atoms with van der Waals surface area (Å²) in [6.07, 6.45) is 6.07. The molecule has 1 fully saturated rings. The lowest BCUT2D eigenvalue weighted by Crippen LogP contribution is -2.16. The number of benzene rings is 1. The first-order chi connectivity index (χ1) is 12.2. The highest BCUT2D eigenvalue weighted by molar-refractivity contribution is 6.04. The molecule has 3 heterocycles. The molecule has 3 aromatic rings. The number of hydrogen-bond acceptors (Lipinski definition) is 5. The molecular formula is C17H19N7O. The number of nitrogens with zero attached hydrogens (tertiary/aromatic N) is 5. The van der Waals surface area contributed by atoms with E-state index in [1.54, 1.807) is 17.1 Å². The van der Waals surface area contributed by atoms with Gasteiger partial charge in [-0.2, -0.15) is 10.2 Å². The first kappa shape index (κ1) is 15.5. The van der Waals surface area contributed by atoms with Crippen LogP contribution in [0, 0.1) is 6.92 Å². The number of carbonyl (C=O) groups is 1. The van der Waals surface area contributed by atoms with Crippen LogP contribution in [0.15, 0.2) is 43.1 Å². The first-order valence-corrected chi connectivity index (χ1v) is 8.23. The molecule has 8 nitrogen and oxygen atoms in total. The summed E-state index contributed by atoms with van der Waals surface area (Å²) >= 11 is 0. The number of amides is 1. The Bertz CT molecular complexity index is 878. The van der Waals surface area contributed by atoms with Crippen LogP contribution in [-0.4, -0.2) is 43.5 Å². The fourth-order valence-electron chi connectivity index (χ4n) is 3.04. The molecule has 0 spiro atoms. The molecule has 1 atom stereocenters. The molecule has 2 N–H and O–H groups in total. The van der Waals surface area contributed by atoms with Crippen molar-refractivity contribution in [3.05, 3.63) is 54.2 Å². The van der Waals surface area contributed by atoms with Crippen molar-refractivity contribution in [2.75, 3.05) is 18.4 Å². The maximum atomic E-state index is 12.6. The van der Waals surface area contributed by atoms with Crippen molar-refractivity contribution in [2.24, 2.45) is 0 Å². The monoisotopic (exact) mass is 337 g/mol. The highest BCUT2D eigenvalue weighted by Gasteiger charge is 2.18. The van der Waals surface area contributed by atoms with Crippen molar-refractivity contribution >= 4 is 11.7 Å². The highest BCUT2D eigenvalue weighted by atomic mass is 16.1. The van der Waals surface area contributed by atoms with Crippen LogP contribution < -0.4 is 10.6 Å². The largest absolute Gasteiger partial charge is 0.315 e. The van der Waals surface area contributed by atoms with Crippen LogP contribution in [0.3, 0.4) is 0 Å². The van der Waals surface area contributed by atoms with Crippen LogP contribution in [0.25, 0.3) is 5.69 Å². The highest BCUT2D eigenvalue weighted by Crippen LogP contribution is 2.18. The van der Waals surface area contributed by atoms with E-state index in [2.05, 4.69) is 25.8 Å². The molecule has 0 saturated carbocycles. The lowest BCUT2D eigenvalue weighted by Gasteiger charge is -2.09. The van der Waals surface area contributed by atoms with Crippen LogP contribution in [0.4, 0.5) is 5.82 Å². The summed E-state index contributed by atoms with van der Waals surface area (Å²) in [7, 11) is 0. The predicted molar refractivity (Wildman–Crippen MR) is 92.8 cm³/mol. The van der Waals surface area contributed by atoms with Gasteiger partial charge in [-0.05, 0) is 43.7 Å². The Hall–Kier alpha value is -3.00. The number of anilines is 1. The van der Waals surface area contributed by atoms with Crippen molar-refractivity contribution < 1.29 is 4.79 Å². The Kier molecular flexibility index (Phi) is 4.02. The topological polar surface area (TPSA) is 89.7 Å². The summed E-state index contributed by atoms with van der Waals surface area (Å²) in [6.45, 7) is 3.82. The Balaban J connectivity index is 1.49. The normalized spacial score (nSPS) is 16.9. The van der Waals surface area contributed by atoms with E-state index in [0.29, 0.717) is 17.4 Å². The van der Waals surface area contributed by atoms with Gasteiger partial charge >= 0.3 is 0 Å². The second kappa shape index (κ2) is 6.48. The number of aryl methyl sites for hydroxylation is 1. The van der Waals surface area contributed by atoms with Crippen molar-refractivity contribution in [1.29, 1.82) is 0 Å². The average molecular weight is 337 g/mol. The van der Waals surface area contributed by atoms with E-state index in [0.717, 1.165) is 30.8 Å². The van der Waals surface area contributed by atoms with Gasteiger partial charge in [-0.15, -0.1) is 0 Å². The third kappa shape index (κ3) is 3.16. The van der Waals surface area contributed by atoms with Gasteiger partial charge in [0.2, 0.25) is 0 Å². The predicted octanol–water partition coefficient (Wildman–Crippen LogP) is 1.56. The quantitative estimate of drug-likeness (QED) is 0.754. The minimum Gasteiger partial charge on any atom is -0.315 e. The molecule has 1 saturated heterocycles. The molecule has 0 aliphatic carbocycles. The standard InChI is InChI=1S/C17H19N7O/c1-12-8-13(24-11-19-10-20-24)2-3-15(12)17(25)21-16-5-7-23(22-16)14-4-6-18-9-14/h2-3,5,7-8,10-11,14,18H,4,6,9H2,1H3,(H,21,22,25). The minimum absolute atomic E-state index is 0.169. The van der Waals surface area contributed by atoms with Crippen molar-refractivity contribution in [3.63, 3.8) is 0 Å². The summed E-state index contributed by atoms with van der Waals surface area (Å²) < 4.78 is 3.57. The molecule has 1 unspecified atom stereocenters. The molecular weight excluding hydrogens is 318 g/mol. The molecule has 1 aromatic carbocycles. The molecule has 1 amide bonds. The van der Waals surface area contributed by atoms with E-state index in [1.165, 1.54) is 6.33 Å². The molecule has 25 heavy (non-hydrogen) atoms. The van der Waals surface area contributed by atoms with E-state index < -0.39 is 0 Å². The summed E-state index contributed by atoms with van der Waals surface area (Å²) in [4.78, 5) is 16.5. The smallest absolute Gasteiger partial charge is 0.257 e. The first-order valence-electron chi connectivity index (χ1n) is 8.23. The van der Waals surface area contributed by atoms with E-state index in [4.69, 9.17) is 0 Å². The summed E-state index contributed by atoms with van der Waals surface area (Å²) in [6, 6.07) is 7.73. The third-order valence-corrected chi connectivity index (χ3v) is 4.40. The molecule has 4 rings (SSSR count). The van der Waals surface area contributed by atoms with Gasteiger partial charge in [-0.25, -0.2) is 9.67 Å². The van der Waals surface area contributed by atoms with E-state index >= 15 is 0 Å². The van der Waals surface area contributed by atoms with E-state index in [9.17, 15) is 4.79 Å². The zero-order chi connectivity index (χ0) is 17.2. The fraction of sp³-hybridized carbons (Fsp3) is 0.294. The maximum Gasteiger partial charge on any atom is 0.257 e. The van der Waals surface area contributed by atoms with Crippen molar-refractivity contribution in [2.45, 2.75) is 19.4 Å². The molecule has 0 radical (unpaired) electrons. The molecule has 8 heteroatoms. The van der Waals surface area contributed by atoms with Crippen LogP contribution >= 0.6 is 0 Å². The van der Waals surface area contributed by atoms with Gasteiger partial charge in [-0.3, -0.25) is 9.48 Å².